The van der Waals surface area contributed by atoms with Crippen LogP contribution in [0.4, 0.5) is 0 Å². The van der Waals surface area contributed by atoms with Crippen LogP contribution in [0.5, 0.6) is 0 Å². The number of benzene rings is 2. The predicted molar refractivity (Wildman–Crippen MR) is 127 cm³/mol. The first-order chi connectivity index (χ1) is 15.8. The van der Waals surface area contributed by atoms with Gasteiger partial charge in [0, 0.05) is 25.0 Å². The van der Waals surface area contributed by atoms with E-state index in [0.29, 0.717) is 32.4 Å². The minimum atomic E-state index is -3.77. The van der Waals surface area contributed by atoms with Crippen molar-refractivity contribution in [2.45, 2.75) is 69.5 Å². The molecule has 1 heterocycles. The van der Waals surface area contributed by atoms with Crippen LogP contribution in [-0.2, 0) is 21.4 Å². The van der Waals surface area contributed by atoms with Gasteiger partial charge in [0.15, 0.2) is 0 Å². The Balaban J connectivity index is 1.62. The van der Waals surface area contributed by atoms with Gasteiger partial charge in [-0.1, -0.05) is 47.5 Å². The number of aryl methyl sites for hydroxylation is 2. The van der Waals surface area contributed by atoms with Gasteiger partial charge in [0.25, 0.3) is 0 Å². The second-order valence-corrected chi connectivity index (χ2v) is 11.2. The van der Waals surface area contributed by atoms with Crippen LogP contribution in [0.1, 0.15) is 48.8 Å². The number of sulfonamides is 1. The zero-order valence-corrected chi connectivity index (χ0v) is 20.1. The van der Waals surface area contributed by atoms with Gasteiger partial charge in [-0.25, -0.2) is 8.42 Å². The Morgan fingerprint density at radius 2 is 1.67 bits per heavy atom. The smallest absolute Gasteiger partial charge is 0.243 e. The Labute approximate surface area is 196 Å². The maximum absolute atomic E-state index is 13.9. The molecule has 0 unspecified atom stereocenters. The van der Waals surface area contributed by atoms with E-state index in [1.165, 1.54) is 4.31 Å². The quantitative estimate of drug-likeness (QED) is 0.641. The van der Waals surface area contributed by atoms with Crippen LogP contribution >= 0.6 is 0 Å². The van der Waals surface area contributed by atoms with Crippen LogP contribution in [0.25, 0.3) is 0 Å². The first-order valence-corrected chi connectivity index (χ1v) is 13.1. The lowest BCUT2D eigenvalue weighted by Crippen LogP contribution is -2.50. The van der Waals surface area contributed by atoms with Crippen molar-refractivity contribution in [3.63, 3.8) is 0 Å². The summed E-state index contributed by atoms with van der Waals surface area (Å²) in [7, 11) is -3.77. The molecule has 4 rings (SSSR count). The average Bonchev–Trinajstić information content (AvgIpc) is 3.49. The first-order valence-electron chi connectivity index (χ1n) is 11.6. The maximum atomic E-state index is 13.9. The van der Waals surface area contributed by atoms with Gasteiger partial charge in [-0.15, -0.1) is 0 Å². The van der Waals surface area contributed by atoms with E-state index in [0.717, 1.165) is 29.5 Å². The van der Waals surface area contributed by atoms with Crippen LogP contribution in [-0.4, -0.2) is 42.2 Å². The molecular weight excluding hydrogens is 434 g/mol. The van der Waals surface area contributed by atoms with E-state index < -0.39 is 16.1 Å². The number of nitriles is 1. The number of nitrogens with zero attached hydrogens (tertiary/aromatic N) is 3. The van der Waals surface area contributed by atoms with E-state index in [1.807, 2.05) is 43.0 Å². The normalized spacial score (nSPS) is 23.4. The third kappa shape index (κ3) is 4.97. The lowest BCUT2D eigenvalue weighted by molar-refractivity contribution is -0.137. The van der Waals surface area contributed by atoms with E-state index in [4.69, 9.17) is 0 Å². The zero-order chi connectivity index (χ0) is 23.6. The van der Waals surface area contributed by atoms with Gasteiger partial charge in [0.2, 0.25) is 15.9 Å². The van der Waals surface area contributed by atoms with Crippen molar-refractivity contribution < 1.29 is 13.2 Å². The standard InChI is InChI=1S/C26H31N3O3S/c1-19-5-9-21(10-6-19)18-28(23-12-11-22(16-23)17-27)26(30)25-4-3-15-29(25)33(31,32)24-13-7-20(2)8-14-24/h5-10,13-14,22-23,25H,3-4,11-12,15-16,18H2,1-2H3/t22-,23+,25-/m0/s1. The molecule has 2 aromatic carbocycles. The molecule has 0 N–H and O–H groups in total. The Morgan fingerprint density at radius 3 is 2.27 bits per heavy atom. The molecule has 0 radical (unpaired) electrons. The Kier molecular flexibility index (Phi) is 6.87. The van der Waals surface area contributed by atoms with Crippen LogP contribution in [0.3, 0.4) is 0 Å². The van der Waals surface area contributed by atoms with Gasteiger partial charge in [0.1, 0.15) is 6.04 Å². The first kappa shape index (κ1) is 23.5. The van der Waals surface area contributed by atoms with Crippen LogP contribution in [0.2, 0.25) is 0 Å². The number of hydrogen-bond donors (Lipinski definition) is 0. The fourth-order valence-electron chi connectivity index (χ4n) is 4.95. The molecule has 1 saturated carbocycles. The van der Waals surface area contributed by atoms with Gasteiger partial charge < -0.3 is 4.90 Å². The average molecular weight is 466 g/mol. The summed E-state index contributed by atoms with van der Waals surface area (Å²) in [5.74, 6) is -0.202. The second-order valence-electron chi connectivity index (χ2n) is 9.33. The fourth-order valence-corrected chi connectivity index (χ4v) is 6.60. The number of carbonyl (C=O) groups is 1. The van der Waals surface area contributed by atoms with Crippen molar-refractivity contribution in [1.82, 2.24) is 9.21 Å². The third-order valence-electron chi connectivity index (χ3n) is 6.90. The number of rotatable bonds is 6. The summed E-state index contributed by atoms with van der Waals surface area (Å²) in [5, 5.41) is 9.39. The van der Waals surface area contributed by atoms with Gasteiger partial charge in [-0.3, -0.25) is 4.79 Å². The monoisotopic (exact) mass is 465 g/mol. The third-order valence-corrected chi connectivity index (χ3v) is 8.82. The molecule has 0 aromatic heterocycles. The topological polar surface area (TPSA) is 81.5 Å². The van der Waals surface area contributed by atoms with E-state index in [1.54, 1.807) is 24.3 Å². The molecule has 2 aromatic rings. The molecule has 3 atom stereocenters. The molecule has 6 nitrogen and oxygen atoms in total. The number of hydrogen-bond acceptors (Lipinski definition) is 4. The second kappa shape index (κ2) is 9.66. The number of amides is 1. The molecule has 1 aliphatic carbocycles. The van der Waals surface area contributed by atoms with E-state index >= 15 is 0 Å². The highest BCUT2D eigenvalue weighted by Gasteiger charge is 2.43. The van der Waals surface area contributed by atoms with Crippen LogP contribution in [0, 0.1) is 31.1 Å². The highest BCUT2D eigenvalue weighted by Crippen LogP contribution is 2.33. The van der Waals surface area contributed by atoms with Crippen LogP contribution in [0.15, 0.2) is 53.4 Å². The predicted octanol–water partition coefficient (Wildman–Crippen LogP) is 4.18. The Hall–Kier alpha value is -2.69. The highest BCUT2D eigenvalue weighted by atomic mass is 32.2. The van der Waals surface area contributed by atoms with E-state index in [-0.39, 0.29) is 22.8 Å². The summed E-state index contributed by atoms with van der Waals surface area (Å²) in [6, 6.07) is 16.5. The summed E-state index contributed by atoms with van der Waals surface area (Å²) in [6.45, 7) is 4.71. The van der Waals surface area contributed by atoms with Crippen molar-refractivity contribution >= 4 is 15.9 Å². The summed E-state index contributed by atoms with van der Waals surface area (Å²) >= 11 is 0. The highest BCUT2D eigenvalue weighted by molar-refractivity contribution is 7.89. The molecule has 1 aliphatic heterocycles. The Bertz CT molecular complexity index is 1140. The van der Waals surface area contributed by atoms with Crippen molar-refractivity contribution in [2.24, 2.45) is 5.92 Å². The molecule has 174 valence electrons. The SMILES string of the molecule is Cc1ccc(CN(C(=O)[C@@H]2CCCN2S(=O)(=O)c2ccc(C)cc2)[C@@H]2CC[C@H](C#N)C2)cc1. The lowest BCUT2D eigenvalue weighted by atomic mass is 10.1. The molecular formula is C26H31N3O3S. The van der Waals surface area contributed by atoms with Crippen LogP contribution < -0.4 is 0 Å². The van der Waals surface area contributed by atoms with Crippen molar-refractivity contribution in [3.8, 4) is 6.07 Å². The molecule has 33 heavy (non-hydrogen) atoms. The van der Waals surface area contributed by atoms with Crippen molar-refractivity contribution in [1.29, 1.82) is 5.26 Å². The molecule has 2 fully saturated rings. The summed E-state index contributed by atoms with van der Waals surface area (Å²) < 4.78 is 28.2. The Morgan fingerprint density at radius 1 is 1.03 bits per heavy atom. The summed E-state index contributed by atoms with van der Waals surface area (Å²) in [6.07, 6.45) is 3.36. The van der Waals surface area contributed by atoms with Gasteiger partial charge in [0.05, 0.1) is 11.0 Å². The summed E-state index contributed by atoms with van der Waals surface area (Å²) in [4.78, 5) is 15.9. The minimum absolute atomic E-state index is 0.0482. The number of carbonyl (C=O) groups excluding carboxylic acids is 1. The lowest BCUT2D eigenvalue weighted by Gasteiger charge is -2.34. The summed E-state index contributed by atoms with van der Waals surface area (Å²) in [5.41, 5.74) is 3.15. The molecule has 1 amide bonds. The molecule has 2 aliphatic rings. The van der Waals surface area contributed by atoms with Crippen molar-refractivity contribution in [2.75, 3.05) is 6.54 Å². The van der Waals surface area contributed by atoms with E-state index in [9.17, 15) is 18.5 Å². The molecule has 1 saturated heterocycles. The van der Waals surface area contributed by atoms with E-state index in [2.05, 4.69) is 6.07 Å². The maximum Gasteiger partial charge on any atom is 0.243 e. The van der Waals surface area contributed by atoms with Gasteiger partial charge in [-0.05, 0) is 63.6 Å². The van der Waals surface area contributed by atoms with Gasteiger partial charge >= 0.3 is 0 Å². The molecule has 0 spiro atoms. The van der Waals surface area contributed by atoms with Crippen molar-refractivity contribution in [3.05, 3.63) is 65.2 Å². The molecule has 7 heteroatoms. The molecule has 0 bridgehead atoms. The zero-order valence-electron chi connectivity index (χ0n) is 19.3. The fraction of sp³-hybridized carbons (Fsp3) is 0.462. The largest absolute Gasteiger partial charge is 0.334 e. The van der Waals surface area contributed by atoms with Gasteiger partial charge in [-0.2, -0.15) is 9.57 Å². The minimum Gasteiger partial charge on any atom is -0.334 e.